The lowest BCUT2D eigenvalue weighted by molar-refractivity contribution is 0.340. The van der Waals surface area contributed by atoms with Gasteiger partial charge in [0.25, 0.3) is 0 Å². The van der Waals surface area contributed by atoms with Crippen LogP contribution in [-0.2, 0) is 28.8 Å². The van der Waals surface area contributed by atoms with E-state index in [0.29, 0.717) is 21.9 Å². The largest absolute Gasteiger partial charge is 0.358 e. The molecule has 0 aliphatic heterocycles. The van der Waals surface area contributed by atoms with E-state index in [-0.39, 0.29) is 9.79 Å². The number of rotatable bonds is 10. The summed E-state index contributed by atoms with van der Waals surface area (Å²) in [5.41, 5.74) is 2.69. The highest BCUT2D eigenvalue weighted by Gasteiger charge is 2.16. The van der Waals surface area contributed by atoms with Crippen molar-refractivity contribution in [2.75, 3.05) is 0 Å². The Balaban J connectivity index is 1.53. The van der Waals surface area contributed by atoms with Crippen molar-refractivity contribution in [2.24, 2.45) is 10.3 Å². The fraction of sp³-hybridized carbons (Fsp3) is 0. The van der Waals surface area contributed by atoms with Gasteiger partial charge >= 0.3 is 20.2 Å². The lowest BCUT2D eigenvalue weighted by Crippen LogP contribution is -2.03. The Bertz CT molecular complexity index is 1630. The van der Waals surface area contributed by atoms with E-state index in [1.807, 2.05) is 0 Å². The Morgan fingerprint density at radius 3 is 1.26 bits per heavy atom. The second-order valence-electron chi connectivity index (χ2n) is 7.86. The molecule has 0 heterocycles. The highest BCUT2D eigenvalue weighted by Crippen LogP contribution is 2.22. The molecular formula is C28H22N2O6S2. The first-order valence-corrected chi connectivity index (χ1v) is 14.0. The molecule has 192 valence electrons. The number of hydrogen-bond donors (Lipinski definition) is 0. The number of fused-ring (bicyclic) bond motifs is 1. The molecule has 0 aliphatic carbocycles. The Labute approximate surface area is 221 Å². The first kappa shape index (κ1) is 26.5. The smallest absolute Gasteiger partial charge is 0.265 e. The molecule has 4 aromatic carbocycles. The molecule has 8 nitrogen and oxygen atoms in total. The molecule has 0 saturated carbocycles. The van der Waals surface area contributed by atoms with Gasteiger partial charge in [0.05, 0.1) is 12.4 Å². The van der Waals surface area contributed by atoms with Crippen molar-refractivity contribution in [3.05, 3.63) is 120 Å². The van der Waals surface area contributed by atoms with Crippen molar-refractivity contribution in [1.29, 1.82) is 0 Å². The van der Waals surface area contributed by atoms with Gasteiger partial charge in [0.15, 0.2) is 0 Å². The first-order valence-electron chi connectivity index (χ1n) is 11.1. The molecular weight excluding hydrogens is 524 g/mol. The third-order valence-electron chi connectivity index (χ3n) is 5.47. The van der Waals surface area contributed by atoms with E-state index < -0.39 is 20.2 Å². The Morgan fingerprint density at radius 2 is 0.921 bits per heavy atom. The third-order valence-corrected chi connectivity index (χ3v) is 7.73. The summed E-state index contributed by atoms with van der Waals surface area (Å²) < 4.78 is 59.4. The molecule has 4 rings (SSSR count). The molecule has 0 radical (unpaired) electrons. The molecule has 10 heteroatoms. The van der Waals surface area contributed by atoms with Gasteiger partial charge in [0.2, 0.25) is 0 Å². The van der Waals surface area contributed by atoms with E-state index in [2.05, 4.69) is 23.5 Å². The van der Waals surface area contributed by atoms with Crippen LogP contribution in [0, 0.1) is 0 Å². The van der Waals surface area contributed by atoms with Gasteiger partial charge in [-0.1, -0.05) is 96.3 Å². The standard InChI is InChI=1S/C28H22N2O6S2/c1-3-21-9-15-25(16-10-21)37(31,32)35-29-19-23-13-14-24(28-8-6-5-7-27(23)28)20-30-36-38(33,34)26-17-11-22(4-2)12-18-26/h3-20H,1-2H2/b29-19+,30-20+. The van der Waals surface area contributed by atoms with Gasteiger partial charge in [-0.15, -0.1) is 0 Å². The first-order chi connectivity index (χ1) is 18.2. The highest BCUT2D eigenvalue weighted by atomic mass is 32.2. The minimum atomic E-state index is -4.10. The SMILES string of the molecule is C=Cc1ccc(S(=O)(=O)O/N=C/c2ccc(/C=N/OS(=O)(=O)c3ccc(C=C)cc3)c3ccccc23)cc1. The summed E-state index contributed by atoms with van der Waals surface area (Å²) >= 11 is 0. The van der Waals surface area contributed by atoms with Crippen LogP contribution in [0.3, 0.4) is 0 Å². The molecule has 4 aromatic rings. The molecule has 0 saturated heterocycles. The van der Waals surface area contributed by atoms with Crippen molar-refractivity contribution in [1.82, 2.24) is 0 Å². The van der Waals surface area contributed by atoms with E-state index in [9.17, 15) is 16.8 Å². The van der Waals surface area contributed by atoms with Crippen LogP contribution in [0.4, 0.5) is 0 Å². The summed E-state index contributed by atoms with van der Waals surface area (Å²) in [6, 6.07) is 22.6. The zero-order valence-electron chi connectivity index (χ0n) is 20.0. The van der Waals surface area contributed by atoms with Crippen LogP contribution in [0.5, 0.6) is 0 Å². The Hall–Kier alpha value is -4.54. The number of oxime groups is 2. The lowest BCUT2D eigenvalue weighted by Gasteiger charge is -2.06. The number of nitrogens with zero attached hydrogens (tertiary/aromatic N) is 2. The second kappa shape index (κ2) is 11.2. The summed E-state index contributed by atoms with van der Waals surface area (Å²) in [5.74, 6) is 0. The number of hydrogen-bond acceptors (Lipinski definition) is 8. The van der Waals surface area contributed by atoms with Crippen LogP contribution in [0.25, 0.3) is 22.9 Å². The van der Waals surface area contributed by atoms with E-state index in [1.54, 1.807) is 72.8 Å². The van der Waals surface area contributed by atoms with Gasteiger partial charge in [-0.2, -0.15) is 16.8 Å². The van der Waals surface area contributed by atoms with Crippen LogP contribution in [-0.4, -0.2) is 29.3 Å². The second-order valence-corrected chi connectivity index (χ2v) is 10.9. The summed E-state index contributed by atoms with van der Waals surface area (Å²) in [6.45, 7) is 7.27. The van der Waals surface area contributed by atoms with Gasteiger partial charge in [-0.05, 0) is 46.2 Å². The highest BCUT2D eigenvalue weighted by molar-refractivity contribution is 7.87. The Morgan fingerprint density at radius 1 is 0.553 bits per heavy atom. The quantitative estimate of drug-likeness (QED) is 0.189. The van der Waals surface area contributed by atoms with Gasteiger partial charge in [0, 0.05) is 11.1 Å². The maximum absolute atomic E-state index is 12.4. The fourth-order valence-corrected chi connectivity index (χ4v) is 4.89. The third kappa shape index (κ3) is 6.05. The van der Waals surface area contributed by atoms with E-state index in [1.165, 1.54) is 36.7 Å². The van der Waals surface area contributed by atoms with Gasteiger partial charge < -0.3 is 0 Å². The summed E-state index contributed by atoms with van der Waals surface area (Å²) in [4.78, 5) is -0.0773. The molecule has 0 bridgehead atoms. The zero-order chi connectivity index (χ0) is 27.2. The van der Waals surface area contributed by atoms with E-state index in [4.69, 9.17) is 8.57 Å². The monoisotopic (exact) mass is 546 g/mol. The van der Waals surface area contributed by atoms with Crippen LogP contribution in [0.15, 0.2) is 118 Å². The van der Waals surface area contributed by atoms with E-state index >= 15 is 0 Å². The van der Waals surface area contributed by atoms with Crippen molar-refractivity contribution >= 4 is 55.6 Å². The van der Waals surface area contributed by atoms with Crippen LogP contribution in [0.2, 0.25) is 0 Å². The van der Waals surface area contributed by atoms with Gasteiger partial charge in [0.1, 0.15) is 9.79 Å². The molecule has 0 N–H and O–H groups in total. The van der Waals surface area contributed by atoms with Gasteiger partial charge in [-0.25, -0.2) is 0 Å². The maximum Gasteiger partial charge on any atom is 0.358 e. The summed E-state index contributed by atoms with van der Waals surface area (Å²) in [5, 5.41) is 8.77. The average molecular weight is 547 g/mol. The summed E-state index contributed by atoms with van der Waals surface area (Å²) in [6.07, 6.45) is 5.77. The van der Waals surface area contributed by atoms with Crippen LogP contribution in [0.1, 0.15) is 22.3 Å². The molecule has 0 unspecified atom stereocenters. The Kier molecular flexibility index (Phi) is 7.85. The predicted molar refractivity (Wildman–Crippen MR) is 149 cm³/mol. The fourth-order valence-electron chi connectivity index (χ4n) is 3.47. The summed E-state index contributed by atoms with van der Waals surface area (Å²) in [7, 11) is -8.20. The zero-order valence-corrected chi connectivity index (χ0v) is 21.6. The topological polar surface area (TPSA) is 111 Å². The molecule has 0 aromatic heterocycles. The molecule has 0 atom stereocenters. The van der Waals surface area contributed by atoms with Crippen LogP contribution >= 0.6 is 0 Å². The minimum Gasteiger partial charge on any atom is -0.265 e. The van der Waals surface area contributed by atoms with Crippen molar-refractivity contribution in [3.63, 3.8) is 0 Å². The van der Waals surface area contributed by atoms with Crippen molar-refractivity contribution in [3.8, 4) is 0 Å². The minimum absolute atomic E-state index is 0.0386. The maximum atomic E-state index is 12.4. The molecule has 0 amide bonds. The van der Waals surface area contributed by atoms with Gasteiger partial charge in [-0.3, -0.25) is 8.57 Å². The predicted octanol–water partition coefficient (Wildman–Crippen LogP) is 5.60. The lowest BCUT2D eigenvalue weighted by atomic mass is 10.0. The normalized spacial score (nSPS) is 12.1. The molecule has 38 heavy (non-hydrogen) atoms. The molecule has 0 aliphatic rings. The average Bonchev–Trinajstić information content (AvgIpc) is 2.94. The van der Waals surface area contributed by atoms with Crippen molar-refractivity contribution in [2.45, 2.75) is 9.79 Å². The van der Waals surface area contributed by atoms with Crippen LogP contribution < -0.4 is 0 Å². The number of benzene rings is 4. The molecule has 0 fully saturated rings. The van der Waals surface area contributed by atoms with E-state index in [0.717, 1.165) is 11.1 Å². The van der Waals surface area contributed by atoms with Crippen molar-refractivity contribution < 1.29 is 25.4 Å². The molecule has 0 spiro atoms.